The fraction of sp³-hybridized carbons (Fsp3) is 0.318. The molecule has 0 aromatic heterocycles. The van der Waals surface area contributed by atoms with E-state index in [9.17, 15) is 14.4 Å². The van der Waals surface area contributed by atoms with Gasteiger partial charge in [0.2, 0.25) is 5.91 Å². The van der Waals surface area contributed by atoms with Gasteiger partial charge in [0.1, 0.15) is 6.04 Å². The van der Waals surface area contributed by atoms with Crippen molar-refractivity contribution in [2.24, 2.45) is 0 Å². The second kappa shape index (κ2) is 8.15. The van der Waals surface area contributed by atoms with Gasteiger partial charge < -0.3 is 4.90 Å². The molecule has 0 spiro atoms. The third-order valence-corrected chi connectivity index (χ3v) is 5.36. The number of hydrogen-bond donors (Lipinski definition) is 0. The van der Waals surface area contributed by atoms with Gasteiger partial charge in [0, 0.05) is 16.6 Å². The minimum Gasteiger partial charge on any atom is -0.323 e. The van der Waals surface area contributed by atoms with Crippen molar-refractivity contribution in [3.8, 4) is 0 Å². The zero-order valence-corrected chi connectivity index (χ0v) is 16.9. The van der Waals surface area contributed by atoms with Crippen molar-refractivity contribution < 1.29 is 14.4 Å². The number of aryl methyl sites for hydroxylation is 1. The molecule has 1 heterocycles. The molecule has 1 saturated heterocycles. The summed E-state index contributed by atoms with van der Waals surface area (Å²) >= 11 is 5.91. The number of carbonyl (C=O) groups is 3. The van der Waals surface area contributed by atoms with Crippen LogP contribution in [0.25, 0.3) is 0 Å². The summed E-state index contributed by atoms with van der Waals surface area (Å²) in [6, 6.07) is 12.8. The van der Waals surface area contributed by atoms with Gasteiger partial charge in [-0.1, -0.05) is 36.2 Å². The molecule has 0 saturated carbocycles. The third kappa shape index (κ3) is 3.80. The van der Waals surface area contributed by atoms with Crippen molar-refractivity contribution >= 4 is 35.0 Å². The predicted molar refractivity (Wildman–Crippen MR) is 109 cm³/mol. The van der Waals surface area contributed by atoms with E-state index in [0.29, 0.717) is 22.7 Å². The molecule has 0 aliphatic carbocycles. The molecule has 0 N–H and O–H groups in total. The molecular weight excluding hydrogens is 376 g/mol. The van der Waals surface area contributed by atoms with Crippen LogP contribution in [-0.4, -0.2) is 34.7 Å². The highest BCUT2D eigenvalue weighted by atomic mass is 35.5. The first-order valence-corrected chi connectivity index (χ1v) is 9.73. The Kier molecular flexibility index (Phi) is 5.84. The van der Waals surface area contributed by atoms with Crippen molar-refractivity contribution in [3.63, 3.8) is 0 Å². The fourth-order valence-corrected chi connectivity index (χ4v) is 3.59. The number of anilines is 1. The Labute approximate surface area is 169 Å². The molecule has 2 unspecified atom stereocenters. The van der Waals surface area contributed by atoms with Crippen LogP contribution < -0.4 is 4.90 Å². The summed E-state index contributed by atoms with van der Waals surface area (Å²) in [6.07, 6.45) is 0.653. The van der Waals surface area contributed by atoms with Gasteiger partial charge in [0.15, 0.2) is 0 Å². The summed E-state index contributed by atoms with van der Waals surface area (Å²) in [7, 11) is 0. The summed E-state index contributed by atoms with van der Waals surface area (Å²) in [6.45, 7) is 5.77. The van der Waals surface area contributed by atoms with Crippen molar-refractivity contribution in [3.05, 3.63) is 64.7 Å². The van der Waals surface area contributed by atoms with E-state index in [-0.39, 0.29) is 30.2 Å². The molecule has 28 heavy (non-hydrogen) atoms. The molecule has 5 nitrogen and oxygen atoms in total. The monoisotopic (exact) mass is 398 g/mol. The van der Waals surface area contributed by atoms with Crippen LogP contribution in [0.1, 0.15) is 42.6 Å². The number of rotatable bonds is 5. The van der Waals surface area contributed by atoms with Gasteiger partial charge in [0.05, 0.1) is 12.1 Å². The Morgan fingerprint density at radius 2 is 1.89 bits per heavy atom. The minimum absolute atomic E-state index is 0.0244. The lowest BCUT2D eigenvalue weighted by atomic mass is 10.0. The van der Waals surface area contributed by atoms with Gasteiger partial charge in [-0.05, 0) is 56.7 Å². The van der Waals surface area contributed by atoms with E-state index in [0.717, 1.165) is 10.5 Å². The van der Waals surface area contributed by atoms with Crippen molar-refractivity contribution in [2.75, 3.05) is 4.90 Å². The summed E-state index contributed by atoms with van der Waals surface area (Å²) in [5, 5.41) is 0.523. The molecule has 146 valence electrons. The number of benzene rings is 2. The lowest BCUT2D eigenvalue weighted by molar-refractivity contribution is -0.122. The number of hydrogen-bond acceptors (Lipinski definition) is 3. The lowest BCUT2D eigenvalue weighted by Gasteiger charge is -2.33. The molecule has 3 rings (SSSR count). The van der Waals surface area contributed by atoms with E-state index in [1.165, 1.54) is 0 Å². The minimum atomic E-state index is -0.814. The molecule has 0 bridgehead atoms. The zero-order valence-electron chi connectivity index (χ0n) is 16.2. The summed E-state index contributed by atoms with van der Waals surface area (Å²) in [5.41, 5.74) is 1.95. The predicted octanol–water partition coefficient (Wildman–Crippen LogP) is 4.22. The van der Waals surface area contributed by atoms with Crippen LogP contribution in [0.5, 0.6) is 0 Å². The Morgan fingerprint density at radius 1 is 1.21 bits per heavy atom. The Bertz CT molecular complexity index is 910. The second-order valence-corrected chi connectivity index (χ2v) is 7.54. The quantitative estimate of drug-likeness (QED) is 0.708. The van der Waals surface area contributed by atoms with Crippen LogP contribution in [0, 0.1) is 6.92 Å². The van der Waals surface area contributed by atoms with Gasteiger partial charge in [-0.15, -0.1) is 0 Å². The third-order valence-electron chi connectivity index (χ3n) is 5.11. The van der Waals surface area contributed by atoms with Crippen molar-refractivity contribution in [1.29, 1.82) is 0 Å². The Balaban J connectivity index is 1.95. The number of amides is 3. The molecule has 1 aliphatic rings. The standard InChI is InChI=1S/C22H23ClN2O3/c1-4-15(3)24(21(27)16-7-5-6-14(2)12-16)19-13-20(26)25(22(19)28)18-10-8-17(23)9-11-18/h5-12,15,19H,4,13H2,1-3H3. The van der Waals surface area contributed by atoms with Crippen LogP contribution in [0.4, 0.5) is 5.69 Å². The number of nitrogens with zero attached hydrogens (tertiary/aromatic N) is 2. The summed E-state index contributed by atoms with van der Waals surface area (Å²) in [5.74, 6) is -0.932. The molecule has 3 amide bonds. The van der Waals surface area contributed by atoms with Crippen molar-refractivity contribution in [2.45, 2.75) is 45.7 Å². The molecule has 1 fully saturated rings. The summed E-state index contributed by atoms with van der Waals surface area (Å²) in [4.78, 5) is 41.8. The van der Waals surface area contributed by atoms with Crippen LogP contribution in [-0.2, 0) is 9.59 Å². The largest absolute Gasteiger partial charge is 0.323 e. The van der Waals surface area contributed by atoms with E-state index in [4.69, 9.17) is 11.6 Å². The van der Waals surface area contributed by atoms with Gasteiger partial charge >= 0.3 is 0 Å². The molecule has 2 aromatic rings. The van der Waals surface area contributed by atoms with Gasteiger partial charge in [-0.25, -0.2) is 4.90 Å². The zero-order chi connectivity index (χ0) is 20.4. The smallest absolute Gasteiger partial charge is 0.257 e. The second-order valence-electron chi connectivity index (χ2n) is 7.10. The molecule has 1 aliphatic heterocycles. The highest BCUT2D eigenvalue weighted by molar-refractivity contribution is 6.31. The fourth-order valence-electron chi connectivity index (χ4n) is 3.47. The highest BCUT2D eigenvalue weighted by Gasteiger charge is 2.45. The van der Waals surface area contributed by atoms with E-state index >= 15 is 0 Å². The van der Waals surface area contributed by atoms with E-state index in [1.807, 2.05) is 32.9 Å². The summed E-state index contributed by atoms with van der Waals surface area (Å²) < 4.78 is 0. The SMILES string of the molecule is CCC(C)N(C(=O)c1cccc(C)c1)C1CC(=O)N(c2ccc(Cl)cc2)C1=O. The molecule has 0 radical (unpaired) electrons. The maximum absolute atomic E-state index is 13.3. The number of carbonyl (C=O) groups excluding carboxylic acids is 3. The molecule has 2 atom stereocenters. The van der Waals surface area contributed by atoms with Gasteiger partial charge in [-0.3, -0.25) is 14.4 Å². The van der Waals surface area contributed by atoms with E-state index < -0.39 is 6.04 Å². The number of imide groups is 1. The van der Waals surface area contributed by atoms with Crippen LogP contribution in [0.15, 0.2) is 48.5 Å². The lowest BCUT2D eigenvalue weighted by Crippen LogP contribution is -2.49. The molecular formula is C22H23ClN2O3. The van der Waals surface area contributed by atoms with Crippen LogP contribution in [0.2, 0.25) is 5.02 Å². The highest BCUT2D eigenvalue weighted by Crippen LogP contribution is 2.29. The van der Waals surface area contributed by atoms with Crippen molar-refractivity contribution in [1.82, 2.24) is 4.90 Å². The average molecular weight is 399 g/mol. The van der Waals surface area contributed by atoms with Gasteiger partial charge in [-0.2, -0.15) is 0 Å². The van der Waals surface area contributed by atoms with Crippen LogP contribution in [0.3, 0.4) is 0 Å². The average Bonchev–Trinajstić information content (AvgIpc) is 2.96. The van der Waals surface area contributed by atoms with E-state index in [1.54, 1.807) is 41.3 Å². The topological polar surface area (TPSA) is 57.7 Å². The van der Waals surface area contributed by atoms with Gasteiger partial charge in [0.25, 0.3) is 11.8 Å². The molecule has 6 heteroatoms. The first-order valence-electron chi connectivity index (χ1n) is 9.35. The van der Waals surface area contributed by atoms with E-state index in [2.05, 4.69) is 0 Å². The first kappa shape index (κ1) is 20.1. The first-order chi connectivity index (χ1) is 13.3. The maximum atomic E-state index is 13.3. The maximum Gasteiger partial charge on any atom is 0.257 e. The normalized spacial score (nSPS) is 17.7. The van der Waals surface area contributed by atoms with Crippen LogP contribution >= 0.6 is 11.6 Å². The Hall–Kier alpha value is -2.66. The molecule has 2 aromatic carbocycles. The number of halogens is 1. The Morgan fingerprint density at radius 3 is 2.50 bits per heavy atom.